The molecule has 1 nitrogen and oxygen atoms in total. The van der Waals surface area contributed by atoms with Gasteiger partial charge in [-0.15, -0.1) is 0 Å². The molecule has 2 aromatic carbocycles. The number of fused-ring (bicyclic) bond motifs is 1. The molecule has 0 radical (unpaired) electrons. The molecule has 0 bridgehead atoms. The van der Waals surface area contributed by atoms with Crippen LogP contribution in [0.25, 0.3) is 10.9 Å². The Morgan fingerprint density at radius 3 is 2.79 bits per heavy atom. The summed E-state index contributed by atoms with van der Waals surface area (Å²) in [4.78, 5) is 0. The number of benzene rings is 2. The van der Waals surface area contributed by atoms with E-state index in [1.807, 2.05) is 30.5 Å². The van der Waals surface area contributed by atoms with Gasteiger partial charge in [-0.1, -0.05) is 33.6 Å². The van der Waals surface area contributed by atoms with Gasteiger partial charge in [-0.2, -0.15) is 0 Å². The second kappa shape index (κ2) is 4.99. The van der Waals surface area contributed by atoms with Crippen LogP contribution >= 0.6 is 27.5 Å². The van der Waals surface area contributed by atoms with Crippen LogP contribution in [0.4, 0.5) is 4.39 Å². The smallest absolute Gasteiger partial charge is 0.123 e. The topological polar surface area (TPSA) is 4.93 Å². The van der Waals surface area contributed by atoms with E-state index in [4.69, 9.17) is 11.6 Å². The minimum absolute atomic E-state index is 0.267. The molecule has 0 aliphatic rings. The fraction of sp³-hybridized carbons (Fsp3) is 0.0667. The Bertz CT molecular complexity index is 751. The summed E-state index contributed by atoms with van der Waals surface area (Å²) in [5, 5.41) is 1.73. The average Bonchev–Trinajstić information content (AvgIpc) is 2.77. The van der Waals surface area contributed by atoms with Gasteiger partial charge in [0.2, 0.25) is 0 Å². The second-order valence-corrected chi connectivity index (χ2v) is 5.71. The maximum Gasteiger partial charge on any atom is 0.123 e. The van der Waals surface area contributed by atoms with Crippen molar-refractivity contribution in [3.8, 4) is 0 Å². The highest BCUT2D eigenvalue weighted by Crippen LogP contribution is 2.24. The van der Waals surface area contributed by atoms with E-state index in [9.17, 15) is 4.39 Å². The van der Waals surface area contributed by atoms with E-state index in [0.717, 1.165) is 20.9 Å². The Hall–Kier alpha value is -1.32. The zero-order valence-corrected chi connectivity index (χ0v) is 12.2. The molecule has 3 aromatic rings. The lowest BCUT2D eigenvalue weighted by Gasteiger charge is -2.08. The Morgan fingerprint density at radius 1 is 1.11 bits per heavy atom. The first-order chi connectivity index (χ1) is 9.13. The lowest BCUT2D eigenvalue weighted by Crippen LogP contribution is -1.99. The van der Waals surface area contributed by atoms with E-state index in [-0.39, 0.29) is 5.82 Å². The molecule has 0 amide bonds. The van der Waals surface area contributed by atoms with E-state index in [0.29, 0.717) is 11.6 Å². The van der Waals surface area contributed by atoms with E-state index >= 15 is 0 Å². The highest BCUT2D eigenvalue weighted by molar-refractivity contribution is 9.10. The van der Waals surface area contributed by atoms with Gasteiger partial charge in [0.1, 0.15) is 5.82 Å². The van der Waals surface area contributed by atoms with Gasteiger partial charge in [-0.25, -0.2) is 4.39 Å². The summed E-state index contributed by atoms with van der Waals surface area (Å²) < 4.78 is 16.4. The molecule has 19 heavy (non-hydrogen) atoms. The molecule has 0 unspecified atom stereocenters. The molecule has 0 N–H and O–H groups in total. The minimum Gasteiger partial charge on any atom is -0.343 e. The minimum atomic E-state index is -0.267. The summed E-state index contributed by atoms with van der Waals surface area (Å²) in [5.74, 6) is -0.267. The number of nitrogens with zero attached hydrogens (tertiary/aromatic N) is 1. The van der Waals surface area contributed by atoms with Gasteiger partial charge in [0.05, 0.1) is 0 Å². The van der Waals surface area contributed by atoms with Crippen LogP contribution in [-0.4, -0.2) is 4.57 Å². The molecule has 0 saturated carbocycles. The van der Waals surface area contributed by atoms with Crippen molar-refractivity contribution in [2.45, 2.75) is 6.54 Å². The number of rotatable bonds is 2. The fourth-order valence-electron chi connectivity index (χ4n) is 2.14. The van der Waals surface area contributed by atoms with Gasteiger partial charge in [0, 0.05) is 27.8 Å². The average molecular weight is 339 g/mol. The van der Waals surface area contributed by atoms with Crippen LogP contribution in [0, 0.1) is 5.82 Å². The van der Waals surface area contributed by atoms with Gasteiger partial charge in [0.25, 0.3) is 0 Å². The summed E-state index contributed by atoms with van der Waals surface area (Å²) in [5.41, 5.74) is 1.87. The predicted molar refractivity (Wildman–Crippen MR) is 80.2 cm³/mol. The molecule has 4 heteroatoms. The van der Waals surface area contributed by atoms with E-state index in [2.05, 4.69) is 20.5 Å². The quantitative estimate of drug-likeness (QED) is 0.602. The summed E-state index contributed by atoms with van der Waals surface area (Å²) >= 11 is 9.57. The van der Waals surface area contributed by atoms with Crippen molar-refractivity contribution < 1.29 is 4.39 Å². The first-order valence-corrected chi connectivity index (χ1v) is 6.99. The lowest BCUT2D eigenvalue weighted by atomic mass is 10.2. The van der Waals surface area contributed by atoms with Crippen molar-refractivity contribution in [1.82, 2.24) is 4.57 Å². The van der Waals surface area contributed by atoms with E-state index in [1.54, 1.807) is 6.07 Å². The molecular weight excluding hydrogens is 329 g/mol. The van der Waals surface area contributed by atoms with Crippen molar-refractivity contribution in [3.63, 3.8) is 0 Å². The van der Waals surface area contributed by atoms with Gasteiger partial charge >= 0.3 is 0 Å². The van der Waals surface area contributed by atoms with Crippen LogP contribution in [0.2, 0.25) is 5.02 Å². The molecule has 1 heterocycles. The van der Waals surface area contributed by atoms with E-state index in [1.165, 1.54) is 12.1 Å². The van der Waals surface area contributed by atoms with Gasteiger partial charge in [0.15, 0.2) is 0 Å². The third-order valence-corrected chi connectivity index (χ3v) is 3.95. The van der Waals surface area contributed by atoms with Crippen LogP contribution in [0.15, 0.2) is 53.1 Å². The number of aromatic nitrogens is 1. The number of hydrogen-bond acceptors (Lipinski definition) is 0. The monoisotopic (exact) mass is 337 g/mol. The largest absolute Gasteiger partial charge is 0.343 e. The standard InChI is InChI=1S/C15H10BrClFN/c16-12-2-1-10-5-6-19(15(10)8-12)9-11-7-13(18)3-4-14(11)17/h1-8H,9H2. The molecule has 0 aliphatic carbocycles. The van der Waals surface area contributed by atoms with Crippen molar-refractivity contribution in [2.75, 3.05) is 0 Å². The predicted octanol–water partition coefficient (Wildman–Crippen LogP) is 5.24. The Balaban J connectivity index is 2.05. The Morgan fingerprint density at radius 2 is 1.95 bits per heavy atom. The van der Waals surface area contributed by atoms with E-state index < -0.39 is 0 Å². The molecule has 96 valence electrons. The van der Waals surface area contributed by atoms with Crippen molar-refractivity contribution in [3.05, 3.63) is 69.5 Å². The van der Waals surface area contributed by atoms with Gasteiger partial charge < -0.3 is 4.57 Å². The first-order valence-electron chi connectivity index (χ1n) is 5.82. The van der Waals surface area contributed by atoms with Crippen LogP contribution in [-0.2, 0) is 6.54 Å². The SMILES string of the molecule is Fc1ccc(Cl)c(Cn2ccc3ccc(Br)cc32)c1. The Kier molecular flexibility index (Phi) is 3.33. The lowest BCUT2D eigenvalue weighted by molar-refractivity contribution is 0.624. The van der Waals surface area contributed by atoms with Crippen molar-refractivity contribution in [2.24, 2.45) is 0 Å². The molecule has 1 aromatic heterocycles. The molecule has 0 fully saturated rings. The van der Waals surface area contributed by atoms with Crippen molar-refractivity contribution in [1.29, 1.82) is 0 Å². The fourth-order valence-corrected chi connectivity index (χ4v) is 2.67. The summed E-state index contributed by atoms with van der Waals surface area (Å²) in [6.07, 6.45) is 1.98. The van der Waals surface area contributed by atoms with Crippen LogP contribution < -0.4 is 0 Å². The normalized spacial score (nSPS) is 11.1. The van der Waals surface area contributed by atoms with Gasteiger partial charge in [-0.3, -0.25) is 0 Å². The zero-order chi connectivity index (χ0) is 13.4. The second-order valence-electron chi connectivity index (χ2n) is 4.38. The number of hydrogen-bond donors (Lipinski definition) is 0. The highest BCUT2D eigenvalue weighted by Gasteiger charge is 2.06. The molecule has 0 spiro atoms. The first kappa shape index (κ1) is 12.7. The molecule has 0 saturated heterocycles. The molecular formula is C15H10BrClFN. The Labute approximate surface area is 123 Å². The van der Waals surface area contributed by atoms with Crippen LogP contribution in [0.5, 0.6) is 0 Å². The molecule has 3 rings (SSSR count). The third-order valence-electron chi connectivity index (χ3n) is 3.08. The molecule has 0 aliphatic heterocycles. The number of halogens is 3. The van der Waals surface area contributed by atoms with Crippen LogP contribution in [0.1, 0.15) is 5.56 Å². The molecule has 0 atom stereocenters. The summed E-state index contributed by atoms with van der Waals surface area (Å²) in [6.45, 7) is 0.552. The summed E-state index contributed by atoms with van der Waals surface area (Å²) in [7, 11) is 0. The van der Waals surface area contributed by atoms with Gasteiger partial charge in [-0.05, 0) is 47.3 Å². The zero-order valence-electron chi connectivity index (χ0n) is 9.91. The summed E-state index contributed by atoms with van der Waals surface area (Å²) in [6, 6.07) is 12.6. The third kappa shape index (κ3) is 2.53. The highest BCUT2D eigenvalue weighted by atomic mass is 79.9. The van der Waals surface area contributed by atoms with Crippen molar-refractivity contribution >= 4 is 38.4 Å². The maximum absolute atomic E-state index is 13.3. The maximum atomic E-state index is 13.3. The van der Waals surface area contributed by atoms with Crippen LogP contribution in [0.3, 0.4) is 0 Å².